The Bertz CT molecular complexity index is 405. The van der Waals surface area contributed by atoms with Crippen molar-refractivity contribution >= 4 is 5.78 Å². The molecule has 1 unspecified atom stereocenters. The zero-order valence-corrected chi connectivity index (χ0v) is 10.8. The third-order valence-corrected chi connectivity index (χ3v) is 3.56. The molecule has 1 aromatic rings. The van der Waals surface area contributed by atoms with Crippen molar-refractivity contribution in [3.05, 3.63) is 34.9 Å². The van der Waals surface area contributed by atoms with Crippen LogP contribution >= 0.6 is 0 Å². The van der Waals surface area contributed by atoms with Gasteiger partial charge in [-0.3, -0.25) is 4.79 Å². The van der Waals surface area contributed by atoms with E-state index in [0.29, 0.717) is 18.1 Å². The molecule has 2 rings (SSSR count). The van der Waals surface area contributed by atoms with Crippen molar-refractivity contribution in [2.24, 2.45) is 5.92 Å². The van der Waals surface area contributed by atoms with E-state index in [9.17, 15) is 4.79 Å². The fourth-order valence-electron chi connectivity index (χ4n) is 2.60. The van der Waals surface area contributed by atoms with Crippen LogP contribution in [0, 0.1) is 19.8 Å². The highest BCUT2D eigenvalue weighted by Crippen LogP contribution is 2.19. The van der Waals surface area contributed by atoms with Gasteiger partial charge in [0.15, 0.2) is 5.78 Å². The highest BCUT2D eigenvalue weighted by molar-refractivity contribution is 5.97. The Kier molecular flexibility index (Phi) is 3.95. The predicted octanol–water partition coefficient (Wildman–Crippen LogP) is 2.88. The molecule has 1 heterocycles. The van der Waals surface area contributed by atoms with Crippen molar-refractivity contribution in [1.29, 1.82) is 0 Å². The SMILES string of the molecule is Cc1ccc(C(=O)CC2CCCNC2)c(C)c1. The second-order valence-corrected chi connectivity index (χ2v) is 5.16. The summed E-state index contributed by atoms with van der Waals surface area (Å²) in [6.45, 7) is 6.19. The minimum atomic E-state index is 0.302. The normalized spacial score (nSPS) is 20.2. The lowest BCUT2D eigenvalue weighted by Crippen LogP contribution is -2.31. The van der Waals surface area contributed by atoms with Crippen molar-refractivity contribution < 1.29 is 4.79 Å². The number of carbonyl (C=O) groups excluding carboxylic acids is 1. The van der Waals surface area contributed by atoms with E-state index in [-0.39, 0.29) is 0 Å². The van der Waals surface area contributed by atoms with Crippen LogP contribution in [0.4, 0.5) is 0 Å². The van der Waals surface area contributed by atoms with Gasteiger partial charge < -0.3 is 5.32 Å². The summed E-state index contributed by atoms with van der Waals surface area (Å²) in [7, 11) is 0. The van der Waals surface area contributed by atoms with Crippen molar-refractivity contribution in [2.45, 2.75) is 33.1 Å². The molecule has 2 heteroatoms. The number of Topliss-reactive ketones (excluding diaryl/α,β-unsaturated/α-hetero) is 1. The van der Waals surface area contributed by atoms with Crippen LogP contribution in [0.25, 0.3) is 0 Å². The molecule has 1 atom stereocenters. The lowest BCUT2D eigenvalue weighted by atomic mass is 9.90. The van der Waals surface area contributed by atoms with Crippen LogP contribution in [0.1, 0.15) is 40.7 Å². The van der Waals surface area contributed by atoms with Crippen LogP contribution in [0.5, 0.6) is 0 Å². The molecule has 0 radical (unpaired) electrons. The van der Waals surface area contributed by atoms with Gasteiger partial charge in [0, 0.05) is 12.0 Å². The third-order valence-electron chi connectivity index (χ3n) is 3.56. The Labute approximate surface area is 103 Å². The summed E-state index contributed by atoms with van der Waals surface area (Å²) in [4.78, 5) is 12.2. The minimum Gasteiger partial charge on any atom is -0.316 e. The van der Waals surface area contributed by atoms with Gasteiger partial charge in [-0.1, -0.05) is 23.8 Å². The van der Waals surface area contributed by atoms with Gasteiger partial charge in [0.1, 0.15) is 0 Å². The van der Waals surface area contributed by atoms with E-state index in [1.165, 1.54) is 18.4 Å². The smallest absolute Gasteiger partial charge is 0.163 e. The van der Waals surface area contributed by atoms with E-state index in [1.807, 2.05) is 19.1 Å². The van der Waals surface area contributed by atoms with E-state index >= 15 is 0 Å². The summed E-state index contributed by atoms with van der Waals surface area (Å²) < 4.78 is 0. The second-order valence-electron chi connectivity index (χ2n) is 5.16. The molecule has 0 saturated carbocycles. The van der Waals surface area contributed by atoms with Crippen molar-refractivity contribution in [1.82, 2.24) is 5.32 Å². The van der Waals surface area contributed by atoms with Crippen LogP contribution in [-0.4, -0.2) is 18.9 Å². The van der Waals surface area contributed by atoms with Gasteiger partial charge in [-0.25, -0.2) is 0 Å². The van der Waals surface area contributed by atoms with Crippen LogP contribution in [0.15, 0.2) is 18.2 Å². The van der Waals surface area contributed by atoms with Crippen molar-refractivity contribution in [3.8, 4) is 0 Å². The Morgan fingerprint density at radius 3 is 2.88 bits per heavy atom. The first-order chi connectivity index (χ1) is 8.16. The largest absolute Gasteiger partial charge is 0.316 e. The zero-order chi connectivity index (χ0) is 12.3. The van der Waals surface area contributed by atoms with Gasteiger partial charge in [0.25, 0.3) is 0 Å². The Hall–Kier alpha value is -1.15. The third kappa shape index (κ3) is 3.16. The van der Waals surface area contributed by atoms with Gasteiger partial charge >= 0.3 is 0 Å². The number of benzene rings is 1. The van der Waals surface area contributed by atoms with Gasteiger partial charge in [-0.2, -0.15) is 0 Å². The first-order valence-electron chi connectivity index (χ1n) is 6.48. The van der Waals surface area contributed by atoms with Crippen LogP contribution < -0.4 is 5.32 Å². The van der Waals surface area contributed by atoms with Gasteiger partial charge in [-0.15, -0.1) is 0 Å². The highest BCUT2D eigenvalue weighted by atomic mass is 16.1. The van der Waals surface area contributed by atoms with Gasteiger partial charge in [0.05, 0.1) is 0 Å². The Morgan fingerprint density at radius 2 is 2.24 bits per heavy atom. The molecule has 1 N–H and O–H groups in total. The molecule has 1 aromatic carbocycles. The van der Waals surface area contributed by atoms with Crippen LogP contribution in [-0.2, 0) is 0 Å². The summed E-state index contributed by atoms with van der Waals surface area (Å²) in [5, 5.41) is 3.36. The first kappa shape index (κ1) is 12.3. The number of nitrogens with one attached hydrogen (secondary N) is 1. The molecular formula is C15H21NO. The fourth-order valence-corrected chi connectivity index (χ4v) is 2.60. The maximum atomic E-state index is 12.2. The highest BCUT2D eigenvalue weighted by Gasteiger charge is 2.18. The molecule has 1 aliphatic heterocycles. The molecule has 2 nitrogen and oxygen atoms in total. The van der Waals surface area contributed by atoms with Crippen LogP contribution in [0.3, 0.4) is 0 Å². The maximum Gasteiger partial charge on any atom is 0.163 e. The van der Waals surface area contributed by atoms with Gasteiger partial charge in [-0.05, 0) is 51.3 Å². The Balaban J connectivity index is 2.03. The lowest BCUT2D eigenvalue weighted by Gasteiger charge is -2.22. The summed E-state index contributed by atoms with van der Waals surface area (Å²) in [5.41, 5.74) is 3.23. The number of rotatable bonds is 3. The molecule has 0 aromatic heterocycles. The predicted molar refractivity (Wildman–Crippen MR) is 70.5 cm³/mol. The average molecular weight is 231 g/mol. The van der Waals surface area contributed by atoms with E-state index in [1.54, 1.807) is 0 Å². The first-order valence-corrected chi connectivity index (χ1v) is 6.48. The monoisotopic (exact) mass is 231 g/mol. The molecule has 17 heavy (non-hydrogen) atoms. The summed E-state index contributed by atoms with van der Waals surface area (Å²) in [6.07, 6.45) is 3.07. The average Bonchev–Trinajstić information content (AvgIpc) is 2.30. The lowest BCUT2D eigenvalue weighted by molar-refractivity contribution is 0.0953. The summed E-state index contributed by atoms with van der Waals surface area (Å²) in [6, 6.07) is 6.09. The number of piperidine rings is 1. The van der Waals surface area contributed by atoms with Crippen LogP contribution in [0.2, 0.25) is 0 Å². The second kappa shape index (κ2) is 5.46. The van der Waals surface area contributed by atoms with E-state index in [4.69, 9.17) is 0 Å². The summed E-state index contributed by atoms with van der Waals surface area (Å²) in [5.74, 6) is 0.827. The van der Waals surface area contributed by atoms with Gasteiger partial charge in [0.2, 0.25) is 0 Å². The zero-order valence-electron chi connectivity index (χ0n) is 10.8. The number of ketones is 1. The summed E-state index contributed by atoms with van der Waals surface area (Å²) >= 11 is 0. The molecule has 1 saturated heterocycles. The minimum absolute atomic E-state index is 0.302. The molecule has 0 aliphatic carbocycles. The number of hydrogen-bond donors (Lipinski definition) is 1. The topological polar surface area (TPSA) is 29.1 Å². The molecule has 1 fully saturated rings. The quantitative estimate of drug-likeness (QED) is 0.810. The van der Waals surface area contributed by atoms with E-state index in [2.05, 4.69) is 18.3 Å². The van der Waals surface area contributed by atoms with E-state index in [0.717, 1.165) is 24.2 Å². The number of hydrogen-bond acceptors (Lipinski definition) is 2. The number of carbonyl (C=O) groups is 1. The maximum absolute atomic E-state index is 12.2. The van der Waals surface area contributed by atoms with Crippen molar-refractivity contribution in [2.75, 3.05) is 13.1 Å². The standard InChI is InChI=1S/C15H21NO/c1-11-5-6-14(12(2)8-11)15(17)9-13-4-3-7-16-10-13/h5-6,8,13,16H,3-4,7,9-10H2,1-2H3. The van der Waals surface area contributed by atoms with E-state index < -0.39 is 0 Å². The number of aryl methyl sites for hydroxylation is 2. The molecule has 0 amide bonds. The molecule has 0 spiro atoms. The molecular weight excluding hydrogens is 210 g/mol. The Morgan fingerprint density at radius 1 is 1.41 bits per heavy atom. The fraction of sp³-hybridized carbons (Fsp3) is 0.533. The molecule has 92 valence electrons. The molecule has 1 aliphatic rings. The van der Waals surface area contributed by atoms with Crippen molar-refractivity contribution in [3.63, 3.8) is 0 Å². The molecule has 0 bridgehead atoms.